The average molecular weight is 222 g/mol. The Bertz CT molecular complexity index is 412. The van der Waals surface area contributed by atoms with Gasteiger partial charge in [-0.2, -0.15) is 0 Å². The number of ether oxygens (including phenoxy) is 1. The van der Waals surface area contributed by atoms with Crippen molar-refractivity contribution in [2.24, 2.45) is 0 Å². The Labute approximate surface area is 95.1 Å². The Kier molecular flexibility index (Phi) is 3.72. The van der Waals surface area contributed by atoms with Crippen LogP contribution in [0.4, 0.5) is 0 Å². The van der Waals surface area contributed by atoms with Crippen molar-refractivity contribution in [2.75, 3.05) is 6.61 Å². The van der Waals surface area contributed by atoms with Crippen LogP contribution in [0.1, 0.15) is 43.3 Å². The second-order valence-electron chi connectivity index (χ2n) is 4.20. The SMILES string of the molecule is CCCOCc1nc2c(c(=O)[nH]1)CCCC2. The summed E-state index contributed by atoms with van der Waals surface area (Å²) in [5.74, 6) is 0.666. The van der Waals surface area contributed by atoms with Crippen molar-refractivity contribution in [3.63, 3.8) is 0 Å². The third kappa shape index (κ3) is 2.50. The molecule has 0 saturated carbocycles. The van der Waals surface area contributed by atoms with Crippen LogP contribution in [0.2, 0.25) is 0 Å². The molecule has 88 valence electrons. The minimum Gasteiger partial charge on any atom is -0.374 e. The molecule has 4 heteroatoms. The van der Waals surface area contributed by atoms with Crippen molar-refractivity contribution in [2.45, 2.75) is 45.6 Å². The Morgan fingerprint density at radius 2 is 2.19 bits per heavy atom. The van der Waals surface area contributed by atoms with Crippen LogP contribution in [0.15, 0.2) is 4.79 Å². The van der Waals surface area contributed by atoms with E-state index in [9.17, 15) is 4.79 Å². The van der Waals surface area contributed by atoms with Crippen LogP contribution in [0.25, 0.3) is 0 Å². The molecule has 1 aliphatic rings. The van der Waals surface area contributed by atoms with Crippen molar-refractivity contribution in [3.05, 3.63) is 27.4 Å². The second kappa shape index (κ2) is 5.25. The third-order valence-corrected chi connectivity index (χ3v) is 2.83. The quantitative estimate of drug-likeness (QED) is 0.787. The molecule has 1 aromatic rings. The van der Waals surface area contributed by atoms with Crippen molar-refractivity contribution in [1.29, 1.82) is 0 Å². The highest BCUT2D eigenvalue weighted by atomic mass is 16.5. The molecule has 1 N–H and O–H groups in total. The van der Waals surface area contributed by atoms with E-state index >= 15 is 0 Å². The lowest BCUT2D eigenvalue weighted by Gasteiger charge is -2.14. The zero-order chi connectivity index (χ0) is 11.4. The molecule has 0 aromatic carbocycles. The summed E-state index contributed by atoms with van der Waals surface area (Å²) in [5, 5.41) is 0. The Hall–Kier alpha value is -1.16. The van der Waals surface area contributed by atoms with Gasteiger partial charge in [0, 0.05) is 12.2 Å². The first-order valence-corrected chi connectivity index (χ1v) is 6.00. The van der Waals surface area contributed by atoms with Gasteiger partial charge in [0.05, 0.1) is 5.69 Å². The Morgan fingerprint density at radius 3 is 3.00 bits per heavy atom. The number of hydrogen-bond donors (Lipinski definition) is 1. The molecule has 2 rings (SSSR count). The molecule has 1 aliphatic carbocycles. The second-order valence-corrected chi connectivity index (χ2v) is 4.20. The lowest BCUT2D eigenvalue weighted by molar-refractivity contribution is 0.115. The third-order valence-electron chi connectivity index (χ3n) is 2.83. The van der Waals surface area contributed by atoms with E-state index in [0.29, 0.717) is 19.0 Å². The molecule has 1 heterocycles. The fourth-order valence-electron chi connectivity index (χ4n) is 2.04. The highest BCUT2D eigenvalue weighted by Gasteiger charge is 2.15. The first-order valence-electron chi connectivity index (χ1n) is 6.00. The van der Waals surface area contributed by atoms with Crippen molar-refractivity contribution in [1.82, 2.24) is 9.97 Å². The van der Waals surface area contributed by atoms with Gasteiger partial charge < -0.3 is 9.72 Å². The zero-order valence-corrected chi connectivity index (χ0v) is 9.71. The number of nitrogens with zero attached hydrogens (tertiary/aromatic N) is 1. The summed E-state index contributed by atoms with van der Waals surface area (Å²) < 4.78 is 5.38. The molecular weight excluding hydrogens is 204 g/mol. The molecular formula is C12H18N2O2. The largest absolute Gasteiger partial charge is 0.374 e. The fraction of sp³-hybridized carbons (Fsp3) is 0.667. The van der Waals surface area contributed by atoms with E-state index in [-0.39, 0.29) is 5.56 Å². The molecule has 0 radical (unpaired) electrons. The van der Waals surface area contributed by atoms with E-state index < -0.39 is 0 Å². The summed E-state index contributed by atoms with van der Waals surface area (Å²) in [6.45, 7) is 3.18. The van der Waals surface area contributed by atoms with Gasteiger partial charge in [-0.3, -0.25) is 4.79 Å². The molecule has 0 fully saturated rings. The molecule has 0 unspecified atom stereocenters. The molecule has 0 atom stereocenters. The molecule has 0 saturated heterocycles. The molecule has 1 aromatic heterocycles. The topological polar surface area (TPSA) is 55.0 Å². The van der Waals surface area contributed by atoms with Gasteiger partial charge in [0.2, 0.25) is 0 Å². The summed E-state index contributed by atoms with van der Waals surface area (Å²) in [6, 6.07) is 0. The standard InChI is InChI=1S/C12H18N2O2/c1-2-7-16-8-11-13-10-6-4-3-5-9(10)12(15)14-11/h2-8H2,1H3,(H,13,14,15). The zero-order valence-electron chi connectivity index (χ0n) is 9.71. The van der Waals surface area contributed by atoms with Crippen LogP contribution >= 0.6 is 0 Å². The van der Waals surface area contributed by atoms with Gasteiger partial charge in [-0.05, 0) is 32.1 Å². The smallest absolute Gasteiger partial charge is 0.254 e. The first kappa shape index (κ1) is 11.3. The average Bonchev–Trinajstić information content (AvgIpc) is 2.30. The minimum atomic E-state index is 0.0276. The summed E-state index contributed by atoms with van der Waals surface area (Å²) in [5.41, 5.74) is 1.88. The maximum Gasteiger partial charge on any atom is 0.254 e. The molecule has 0 aliphatic heterocycles. The van der Waals surface area contributed by atoms with Gasteiger partial charge in [0.15, 0.2) is 0 Å². The van der Waals surface area contributed by atoms with Crippen LogP contribution in [0, 0.1) is 0 Å². The van der Waals surface area contributed by atoms with Crippen LogP contribution in [-0.2, 0) is 24.2 Å². The highest BCUT2D eigenvalue weighted by molar-refractivity contribution is 5.20. The van der Waals surface area contributed by atoms with Crippen LogP contribution in [-0.4, -0.2) is 16.6 Å². The van der Waals surface area contributed by atoms with E-state index in [1.807, 2.05) is 0 Å². The number of H-pyrrole nitrogens is 1. The molecule has 0 amide bonds. The highest BCUT2D eigenvalue weighted by Crippen LogP contribution is 2.15. The van der Waals surface area contributed by atoms with Gasteiger partial charge in [-0.15, -0.1) is 0 Å². The first-order chi connectivity index (χ1) is 7.81. The van der Waals surface area contributed by atoms with Gasteiger partial charge >= 0.3 is 0 Å². The number of aryl methyl sites for hydroxylation is 1. The van der Waals surface area contributed by atoms with Gasteiger partial charge in [-0.25, -0.2) is 4.98 Å². The summed E-state index contributed by atoms with van der Waals surface area (Å²) >= 11 is 0. The van der Waals surface area contributed by atoms with E-state index in [2.05, 4.69) is 16.9 Å². The van der Waals surface area contributed by atoms with Gasteiger partial charge in [0.1, 0.15) is 12.4 Å². The minimum absolute atomic E-state index is 0.0276. The molecule has 0 bridgehead atoms. The lowest BCUT2D eigenvalue weighted by atomic mass is 9.97. The maximum atomic E-state index is 11.8. The predicted octanol–water partition coefficient (Wildman–Crippen LogP) is 1.58. The molecule has 16 heavy (non-hydrogen) atoms. The van der Waals surface area contributed by atoms with Crippen LogP contribution in [0.3, 0.4) is 0 Å². The summed E-state index contributed by atoms with van der Waals surface area (Å²) in [7, 11) is 0. The Morgan fingerprint density at radius 1 is 1.38 bits per heavy atom. The summed E-state index contributed by atoms with van der Waals surface area (Å²) in [4.78, 5) is 19.0. The number of aromatic amines is 1. The predicted molar refractivity (Wildman–Crippen MR) is 61.4 cm³/mol. The van der Waals surface area contributed by atoms with Crippen molar-refractivity contribution in [3.8, 4) is 0 Å². The lowest BCUT2D eigenvalue weighted by Crippen LogP contribution is -2.23. The monoisotopic (exact) mass is 222 g/mol. The molecule has 0 spiro atoms. The number of aromatic nitrogens is 2. The van der Waals surface area contributed by atoms with E-state index in [0.717, 1.165) is 43.4 Å². The summed E-state index contributed by atoms with van der Waals surface area (Å²) in [6.07, 6.45) is 5.02. The van der Waals surface area contributed by atoms with Crippen LogP contribution < -0.4 is 5.56 Å². The number of hydrogen-bond acceptors (Lipinski definition) is 3. The van der Waals surface area contributed by atoms with Gasteiger partial charge in [0.25, 0.3) is 5.56 Å². The maximum absolute atomic E-state index is 11.8. The van der Waals surface area contributed by atoms with E-state index in [1.165, 1.54) is 0 Å². The van der Waals surface area contributed by atoms with Crippen molar-refractivity contribution >= 4 is 0 Å². The Balaban J connectivity index is 2.15. The molecule has 4 nitrogen and oxygen atoms in total. The fourth-order valence-corrected chi connectivity index (χ4v) is 2.04. The number of rotatable bonds is 4. The van der Waals surface area contributed by atoms with Crippen LogP contribution in [0.5, 0.6) is 0 Å². The van der Waals surface area contributed by atoms with Gasteiger partial charge in [-0.1, -0.05) is 6.92 Å². The number of fused-ring (bicyclic) bond motifs is 1. The van der Waals surface area contributed by atoms with E-state index in [4.69, 9.17) is 4.74 Å². The number of nitrogens with one attached hydrogen (secondary N) is 1. The normalized spacial score (nSPS) is 14.8. The van der Waals surface area contributed by atoms with E-state index in [1.54, 1.807) is 0 Å². The van der Waals surface area contributed by atoms with Crippen molar-refractivity contribution < 1.29 is 4.74 Å².